The molecule has 0 spiro atoms. The molecule has 0 aliphatic heterocycles. The maximum Gasteiger partial charge on any atom is 0.150 e. The minimum Gasteiger partial charge on any atom is -0.386 e. The summed E-state index contributed by atoms with van der Waals surface area (Å²) in [5.74, 6) is -0.368. The summed E-state index contributed by atoms with van der Waals surface area (Å²) < 4.78 is 23.9. The van der Waals surface area contributed by atoms with Crippen LogP contribution in [0.4, 0.5) is 0 Å². The van der Waals surface area contributed by atoms with E-state index >= 15 is 0 Å². The van der Waals surface area contributed by atoms with Gasteiger partial charge in [-0.25, -0.2) is 8.42 Å². The third-order valence-electron chi connectivity index (χ3n) is 3.63. The number of fused-ring (bicyclic) bond motifs is 1. The minimum atomic E-state index is -3.34. The van der Waals surface area contributed by atoms with Gasteiger partial charge in [-0.3, -0.25) is 4.98 Å². The van der Waals surface area contributed by atoms with Crippen molar-refractivity contribution in [2.24, 2.45) is 0 Å². The average Bonchev–Trinajstić information content (AvgIpc) is 2.85. The number of halogens is 2. The highest BCUT2D eigenvalue weighted by Crippen LogP contribution is 2.39. The zero-order valence-corrected chi connectivity index (χ0v) is 15.8. The smallest absolute Gasteiger partial charge is 0.150 e. The summed E-state index contributed by atoms with van der Waals surface area (Å²) >= 11 is 9.58. The predicted octanol–water partition coefficient (Wildman–Crippen LogP) is 3.72. The second-order valence-electron chi connectivity index (χ2n) is 5.57. The van der Waals surface area contributed by atoms with E-state index in [1.165, 1.54) is 0 Å². The standard InChI is InChI=1S/C16H14BrClN2O3S/c1-24(22,23)8-14(21)16-15(9-2-4-19-5-3-9)10-6-12(18)11(17)7-13(10)20-16/h2-7,14,20-21H,8H2,1H3. The number of nitrogens with one attached hydrogen (secondary N) is 1. The van der Waals surface area contributed by atoms with E-state index in [-0.39, 0.29) is 5.75 Å². The van der Waals surface area contributed by atoms with Crippen molar-refractivity contribution in [3.05, 3.63) is 51.8 Å². The minimum absolute atomic E-state index is 0.368. The van der Waals surface area contributed by atoms with Crippen molar-refractivity contribution in [3.8, 4) is 11.1 Å². The molecule has 0 fully saturated rings. The molecule has 2 aromatic heterocycles. The van der Waals surface area contributed by atoms with Crippen LogP contribution in [0.1, 0.15) is 11.8 Å². The van der Waals surface area contributed by atoms with Gasteiger partial charge in [0, 0.05) is 39.6 Å². The zero-order chi connectivity index (χ0) is 17.5. The number of pyridine rings is 1. The van der Waals surface area contributed by atoms with Crippen LogP contribution in [0.5, 0.6) is 0 Å². The van der Waals surface area contributed by atoms with E-state index in [9.17, 15) is 13.5 Å². The van der Waals surface area contributed by atoms with Crippen LogP contribution in [-0.2, 0) is 9.84 Å². The number of aliphatic hydroxyl groups excluding tert-OH is 1. The van der Waals surface area contributed by atoms with E-state index in [0.29, 0.717) is 15.2 Å². The quantitative estimate of drug-likeness (QED) is 0.662. The average molecular weight is 430 g/mol. The number of aliphatic hydroxyl groups is 1. The number of aromatic amines is 1. The highest BCUT2D eigenvalue weighted by Gasteiger charge is 2.23. The molecular formula is C16H14BrClN2O3S. The molecule has 0 aliphatic rings. The molecule has 126 valence electrons. The number of H-pyrrole nitrogens is 1. The van der Waals surface area contributed by atoms with Gasteiger partial charge in [-0.1, -0.05) is 11.6 Å². The molecule has 0 saturated heterocycles. The molecule has 0 amide bonds. The fourth-order valence-corrected chi connectivity index (χ4v) is 3.91. The molecule has 1 aromatic carbocycles. The van der Waals surface area contributed by atoms with Crippen LogP contribution < -0.4 is 0 Å². The number of benzene rings is 1. The van der Waals surface area contributed by atoms with Gasteiger partial charge in [-0.15, -0.1) is 0 Å². The fraction of sp³-hybridized carbons (Fsp3) is 0.188. The maximum atomic E-state index is 11.6. The first-order valence-electron chi connectivity index (χ1n) is 7.03. The van der Waals surface area contributed by atoms with Crippen LogP contribution in [0.25, 0.3) is 22.0 Å². The van der Waals surface area contributed by atoms with E-state index < -0.39 is 15.9 Å². The molecule has 1 unspecified atom stereocenters. The Morgan fingerprint density at radius 2 is 2.00 bits per heavy atom. The van der Waals surface area contributed by atoms with E-state index in [1.807, 2.05) is 0 Å². The fourth-order valence-electron chi connectivity index (χ4n) is 2.66. The summed E-state index contributed by atoms with van der Waals surface area (Å²) in [7, 11) is -3.34. The van der Waals surface area contributed by atoms with Crippen LogP contribution in [-0.4, -0.2) is 35.5 Å². The molecule has 0 radical (unpaired) electrons. The number of sulfone groups is 1. The van der Waals surface area contributed by atoms with Crippen LogP contribution in [0.15, 0.2) is 41.1 Å². The van der Waals surface area contributed by atoms with Crippen molar-refractivity contribution < 1.29 is 13.5 Å². The lowest BCUT2D eigenvalue weighted by atomic mass is 10.0. The topological polar surface area (TPSA) is 83.0 Å². The first-order chi connectivity index (χ1) is 11.3. The Hall–Kier alpha value is -1.41. The summed E-state index contributed by atoms with van der Waals surface area (Å²) in [6, 6.07) is 7.19. The van der Waals surface area contributed by atoms with Gasteiger partial charge in [-0.2, -0.15) is 0 Å². The number of nitrogens with zero attached hydrogens (tertiary/aromatic N) is 1. The normalized spacial score (nSPS) is 13.3. The van der Waals surface area contributed by atoms with Crippen LogP contribution in [0.3, 0.4) is 0 Å². The molecular weight excluding hydrogens is 416 g/mol. The summed E-state index contributed by atoms with van der Waals surface area (Å²) in [6.45, 7) is 0. The number of aromatic nitrogens is 2. The summed E-state index contributed by atoms with van der Waals surface area (Å²) in [6.07, 6.45) is 3.20. The molecule has 0 aliphatic carbocycles. The van der Waals surface area contributed by atoms with Crippen molar-refractivity contribution in [3.63, 3.8) is 0 Å². The predicted molar refractivity (Wildman–Crippen MR) is 98.9 cm³/mol. The van der Waals surface area contributed by atoms with Crippen molar-refractivity contribution in [1.29, 1.82) is 0 Å². The molecule has 8 heteroatoms. The van der Waals surface area contributed by atoms with Gasteiger partial charge in [0.05, 0.1) is 16.5 Å². The third-order valence-corrected chi connectivity index (χ3v) is 5.75. The van der Waals surface area contributed by atoms with Crippen LogP contribution in [0, 0.1) is 0 Å². The highest BCUT2D eigenvalue weighted by atomic mass is 79.9. The molecule has 2 N–H and O–H groups in total. The van der Waals surface area contributed by atoms with Gasteiger partial charge in [0.25, 0.3) is 0 Å². The van der Waals surface area contributed by atoms with E-state index in [4.69, 9.17) is 11.6 Å². The molecule has 0 bridgehead atoms. The molecule has 5 nitrogen and oxygen atoms in total. The van der Waals surface area contributed by atoms with E-state index in [0.717, 1.165) is 28.3 Å². The Bertz CT molecular complexity index is 1000. The largest absolute Gasteiger partial charge is 0.386 e. The summed E-state index contributed by atoms with van der Waals surface area (Å²) in [5, 5.41) is 11.8. The van der Waals surface area contributed by atoms with Gasteiger partial charge in [0.1, 0.15) is 15.9 Å². The van der Waals surface area contributed by atoms with Crippen molar-refractivity contribution in [1.82, 2.24) is 9.97 Å². The monoisotopic (exact) mass is 428 g/mol. The molecule has 2 heterocycles. The first-order valence-corrected chi connectivity index (χ1v) is 10.3. The maximum absolute atomic E-state index is 11.6. The highest BCUT2D eigenvalue weighted by molar-refractivity contribution is 9.10. The lowest BCUT2D eigenvalue weighted by Crippen LogP contribution is -2.13. The van der Waals surface area contributed by atoms with Crippen molar-refractivity contribution in [2.75, 3.05) is 12.0 Å². The van der Waals surface area contributed by atoms with E-state index in [2.05, 4.69) is 25.9 Å². The molecule has 24 heavy (non-hydrogen) atoms. The Balaban J connectivity index is 2.28. The van der Waals surface area contributed by atoms with Gasteiger partial charge < -0.3 is 10.1 Å². The van der Waals surface area contributed by atoms with E-state index in [1.54, 1.807) is 36.7 Å². The van der Waals surface area contributed by atoms with Gasteiger partial charge >= 0.3 is 0 Å². The molecule has 1 atom stereocenters. The third kappa shape index (κ3) is 3.49. The first kappa shape index (κ1) is 17.4. The zero-order valence-electron chi connectivity index (χ0n) is 12.6. The summed E-state index contributed by atoms with van der Waals surface area (Å²) in [5.41, 5.74) is 2.73. The molecule has 0 saturated carbocycles. The second-order valence-corrected chi connectivity index (χ2v) is 9.02. The SMILES string of the molecule is CS(=O)(=O)CC(O)c1[nH]c2cc(Br)c(Cl)cc2c1-c1ccncc1. The van der Waals surface area contributed by atoms with Gasteiger partial charge in [-0.05, 0) is 45.8 Å². The number of hydrogen-bond donors (Lipinski definition) is 2. The second kappa shape index (κ2) is 6.48. The molecule has 3 aromatic rings. The number of rotatable bonds is 4. The van der Waals surface area contributed by atoms with Crippen LogP contribution in [0.2, 0.25) is 5.02 Å². The van der Waals surface area contributed by atoms with Crippen molar-refractivity contribution in [2.45, 2.75) is 6.10 Å². The summed E-state index contributed by atoms with van der Waals surface area (Å²) in [4.78, 5) is 7.13. The lowest BCUT2D eigenvalue weighted by Gasteiger charge is -2.11. The molecule has 3 rings (SSSR count). The Labute approximate surface area is 152 Å². The van der Waals surface area contributed by atoms with Gasteiger partial charge in [0.15, 0.2) is 0 Å². The Morgan fingerprint density at radius 3 is 2.62 bits per heavy atom. The van der Waals surface area contributed by atoms with Crippen molar-refractivity contribution >= 4 is 48.3 Å². The number of hydrogen-bond acceptors (Lipinski definition) is 4. The van der Waals surface area contributed by atoms with Gasteiger partial charge in [0.2, 0.25) is 0 Å². The van der Waals surface area contributed by atoms with Crippen LogP contribution >= 0.6 is 27.5 Å². The lowest BCUT2D eigenvalue weighted by molar-refractivity contribution is 0.198. The Morgan fingerprint density at radius 1 is 1.33 bits per heavy atom. The Kier molecular flexibility index (Phi) is 4.70.